The summed E-state index contributed by atoms with van der Waals surface area (Å²) in [6.07, 6.45) is 6.75. The van der Waals surface area contributed by atoms with Crippen LogP contribution in [0, 0.1) is 0 Å². The zero-order valence-corrected chi connectivity index (χ0v) is 14.5. The molecule has 1 aromatic rings. The standard InChI is InChI=1S/C15H22ClN3O3S/c16-12-3-8-15(17-11-12)22-14-6-4-13(5-7-14)18-23(20,21)19-9-1-2-10-19/h3,8,11,13-14,18H,1-2,4-7,9-10H2. The summed E-state index contributed by atoms with van der Waals surface area (Å²) in [6, 6.07) is 3.50. The van der Waals surface area contributed by atoms with Gasteiger partial charge in [-0.2, -0.15) is 17.4 Å². The van der Waals surface area contributed by atoms with Crippen molar-refractivity contribution >= 4 is 21.8 Å². The summed E-state index contributed by atoms with van der Waals surface area (Å²) >= 11 is 5.80. The van der Waals surface area contributed by atoms with Gasteiger partial charge in [0.25, 0.3) is 10.2 Å². The van der Waals surface area contributed by atoms with Crippen LogP contribution >= 0.6 is 11.6 Å². The van der Waals surface area contributed by atoms with Crippen LogP contribution < -0.4 is 9.46 Å². The Morgan fingerprint density at radius 2 is 1.87 bits per heavy atom. The van der Waals surface area contributed by atoms with Crippen molar-refractivity contribution in [3.8, 4) is 5.88 Å². The van der Waals surface area contributed by atoms with Crippen molar-refractivity contribution in [3.63, 3.8) is 0 Å². The van der Waals surface area contributed by atoms with E-state index >= 15 is 0 Å². The predicted molar refractivity (Wildman–Crippen MR) is 88.8 cm³/mol. The Balaban J connectivity index is 1.47. The SMILES string of the molecule is O=S(=O)(NC1CCC(Oc2ccc(Cl)cn2)CC1)N1CCCC1. The van der Waals surface area contributed by atoms with E-state index in [9.17, 15) is 8.42 Å². The molecule has 1 saturated carbocycles. The Morgan fingerprint density at radius 1 is 1.17 bits per heavy atom. The van der Waals surface area contributed by atoms with Crippen molar-refractivity contribution in [2.45, 2.75) is 50.7 Å². The van der Waals surface area contributed by atoms with Crippen molar-refractivity contribution in [3.05, 3.63) is 23.4 Å². The average Bonchev–Trinajstić information content (AvgIpc) is 3.07. The fourth-order valence-corrected chi connectivity index (χ4v) is 4.77. The highest BCUT2D eigenvalue weighted by Gasteiger charge is 2.30. The third-order valence-electron chi connectivity index (χ3n) is 4.38. The van der Waals surface area contributed by atoms with Crippen LogP contribution in [0.4, 0.5) is 0 Å². The van der Waals surface area contributed by atoms with Crippen molar-refractivity contribution in [1.29, 1.82) is 0 Å². The van der Waals surface area contributed by atoms with Gasteiger partial charge in [0.05, 0.1) is 5.02 Å². The molecule has 0 aromatic carbocycles. The van der Waals surface area contributed by atoms with E-state index in [1.165, 1.54) is 0 Å². The molecule has 0 amide bonds. The van der Waals surface area contributed by atoms with Gasteiger partial charge in [-0.05, 0) is 44.6 Å². The largest absolute Gasteiger partial charge is 0.474 e. The summed E-state index contributed by atoms with van der Waals surface area (Å²) in [4.78, 5) is 4.13. The summed E-state index contributed by atoms with van der Waals surface area (Å²) in [5.74, 6) is 0.565. The first-order chi connectivity index (χ1) is 11.0. The van der Waals surface area contributed by atoms with Crippen LogP contribution in [0.25, 0.3) is 0 Å². The molecule has 0 radical (unpaired) electrons. The molecule has 8 heteroatoms. The molecule has 2 heterocycles. The second-order valence-electron chi connectivity index (χ2n) is 6.14. The van der Waals surface area contributed by atoms with Crippen LogP contribution in [0.1, 0.15) is 38.5 Å². The van der Waals surface area contributed by atoms with E-state index in [-0.39, 0.29) is 12.1 Å². The van der Waals surface area contributed by atoms with Gasteiger partial charge in [-0.15, -0.1) is 0 Å². The van der Waals surface area contributed by atoms with Gasteiger partial charge in [0.2, 0.25) is 5.88 Å². The topological polar surface area (TPSA) is 71.5 Å². The molecule has 0 bridgehead atoms. The summed E-state index contributed by atoms with van der Waals surface area (Å²) in [6.45, 7) is 1.27. The van der Waals surface area contributed by atoms with Crippen LogP contribution in [-0.2, 0) is 10.2 Å². The number of rotatable bonds is 5. The lowest BCUT2D eigenvalue weighted by Gasteiger charge is -2.30. The highest BCUT2D eigenvalue weighted by Crippen LogP contribution is 2.24. The van der Waals surface area contributed by atoms with Crippen molar-refractivity contribution in [2.24, 2.45) is 0 Å². The number of aromatic nitrogens is 1. The molecule has 2 aliphatic rings. The van der Waals surface area contributed by atoms with E-state index in [4.69, 9.17) is 16.3 Å². The van der Waals surface area contributed by atoms with Crippen LogP contribution in [-0.4, -0.2) is 42.9 Å². The Kier molecular flexibility index (Phi) is 5.41. The zero-order chi connectivity index (χ0) is 16.3. The van der Waals surface area contributed by atoms with Gasteiger partial charge in [-0.25, -0.2) is 4.98 Å². The van der Waals surface area contributed by atoms with Gasteiger partial charge < -0.3 is 4.74 Å². The molecule has 1 aliphatic carbocycles. The molecule has 23 heavy (non-hydrogen) atoms. The first-order valence-electron chi connectivity index (χ1n) is 8.08. The Hall–Kier alpha value is -0.890. The van der Waals surface area contributed by atoms with Crippen LogP contribution in [0.2, 0.25) is 5.02 Å². The van der Waals surface area contributed by atoms with Crippen molar-refractivity contribution < 1.29 is 13.2 Å². The number of hydrogen-bond donors (Lipinski definition) is 1. The molecule has 3 rings (SSSR count). The van der Waals surface area contributed by atoms with Crippen LogP contribution in [0.5, 0.6) is 5.88 Å². The molecule has 1 aliphatic heterocycles. The maximum atomic E-state index is 12.3. The molecular formula is C15H22ClN3O3S. The third-order valence-corrected chi connectivity index (χ3v) is 6.28. The number of pyridine rings is 1. The second kappa shape index (κ2) is 7.34. The number of hydrogen-bond acceptors (Lipinski definition) is 4. The minimum atomic E-state index is -3.33. The molecule has 1 N–H and O–H groups in total. The first-order valence-corrected chi connectivity index (χ1v) is 9.90. The first kappa shape index (κ1) is 17.0. The zero-order valence-electron chi connectivity index (χ0n) is 12.9. The Bertz CT molecular complexity index is 609. The van der Waals surface area contributed by atoms with E-state index in [1.54, 1.807) is 22.6 Å². The average molecular weight is 360 g/mol. The minimum absolute atomic E-state index is 0.00127. The van der Waals surface area contributed by atoms with Gasteiger partial charge in [0.15, 0.2) is 0 Å². The highest BCUT2D eigenvalue weighted by atomic mass is 35.5. The maximum absolute atomic E-state index is 12.3. The lowest BCUT2D eigenvalue weighted by Crippen LogP contribution is -2.46. The molecule has 1 saturated heterocycles. The number of nitrogens with zero attached hydrogens (tertiary/aromatic N) is 2. The Morgan fingerprint density at radius 3 is 2.48 bits per heavy atom. The fourth-order valence-electron chi connectivity index (χ4n) is 3.11. The van der Waals surface area contributed by atoms with Gasteiger partial charge in [0, 0.05) is 31.4 Å². The van der Waals surface area contributed by atoms with E-state index in [2.05, 4.69) is 9.71 Å². The number of nitrogens with one attached hydrogen (secondary N) is 1. The summed E-state index contributed by atoms with van der Waals surface area (Å²) in [7, 11) is -3.33. The maximum Gasteiger partial charge on any atom is 0.279 e. The normalized spacial score (nSPS) is 26.3. The molecule has 128 valence electrons. The van der Waals surface area contributed by atoms with Crippen molar-refractivity contribution in [2.75, 3.05) is 13.1 Å². The number of halogens is 1. The van der Waals surface area contributed by atoms with E-state index in [0.717, 1.165) is 38.5 Å². The van der Waals surface area contributed by atoms with Crippen LogP contribution in [0.15, 0.2) is 18.3 Å². The molecule has 1 aromatic heterocycles. The molecule has 6 nitrogen and oxygen atoms in total. The van der Waals surface area contributed by atoms with Crippen LogP contribution in [0.3, 0.4) is 0 Å². The fraction of sp³-hybridized carbons (Fsp3) is 0.667. The van der Waals surface area contributed by atoms with Crippen molar-refractivity contribution in [1.82, 2.24) is 14.0 Å². The van der Waals surface area contributed by atoms with E-state index < -0.39 is 10.2 Å². The molecule has 2 fully saturated rings. The monoisotopic (exact) mass is 359 g/mol. The summed E-state index contributed by atoms with van der Waals surface area (Å²) in [5.41, 5.74) is 0. The molecule has 0 atom stereocenters. The lowest BCUT2D eigenvalue weighted by atomic mass is 9.94. The molecular weight excluding hydrogens is 338 g/mol. The highest BCUT2D eigenvalue weighted by molar-refractivity contribution is 7.87. The lowest BCUT2D eigenvalue weighted by molar-refractivity contribution is 0.138. The minimum Gasteiger partial charge on any atom is -0.474 e. The quantitative estimate of drug-likeness (QED) is 0.876. The van der Waals surface area contributed by atoms with Gasteiger partial charge in [-0.3, -0.25) is 0 Å². The third kappa shape index (κ3) is 4.56. The van der Waals surface area contributed by atoms with Gasteiger partial charge >= 0.3 is 0 Å². The van der Waals surface area contributed by atoms with Gasteiger partial charge in [-0.1, -0.05) is 11.6 Å². The van der Waals surface area contributed by atoms with E-state index in [1.807, 2.05) is 0 Å². The Labute approximate surface area is 142 Å². The second-order valence-corrected chi connectivity index (χ2v) is 8.27. The smallest absolute Gasteiger partial charge is 0.279 e. The van der Waals surface area contributed by atoms with E-state index in [0.29, 0.717) is 24.0 Å². The molecule has 0 spiro atoms. The predicted octanol–water partition coefficient (Wildman–Crippen LogP) is 2.36. The number of ether oxygens (including phenoxy) is 1. The summed E-state index contributed by atoms with van der Waals surface area (Å²) < 4.78 is 34.8. The molecule has 0 unspecified atom stereocenters. The van der Waals surface area contributed by atoms with Gasteiger partial charge in [0.1, 0.15) is 6.10 Å². The summed E-state index contributed by atoms with van der Waals surface area (Å²) in [5, 5.41) is 0.581.